The van der Waals surface area contributed by atoms with Crippen molar-refractivity contribution in [2.24, 2.45) is 0 Å². The third kappa shape index (κ3) is 1.54. The molecule has 1 saturated carbocycles. The maximum Gasteiger partial charge on any atom is 0.148 e. The lowest BCUT2D eigenvalue weighted by molar-refractivity contribution is -0.0684. The summed E-state index contributed by atoms with van der Waals surface area (Å²) < 4.78 is 5.88. The van der Waals surface area contributed by atoms with Gasteiger partial charge in [0.1, 0.15) is 11.2 Å². The molecule has 17 heavy (non-hydrogen) atoms. The standard InChI is InChI=1S/C15H20O2/c1-12-15(17-12,13-8-4-2-5-9-13)14(16)10-6-3-7-11-14/h2,4-5,8-9,12,16H,3,6-7,10-11H2,1H3/t12-,15+/m0/s1. The van der Waals surface area contributed by atoms with Crippen LogP contribution in [0.15, 0.2) is 30.3 Å². The zero-order valence-corrected chi connectivity index (χ0v) is 10.4. The molecule has 0 spiro atoms. The Balaban J connectivity index is 1.98. The highest BCUT2D eigenvalue weighted by Crippen LogP contribution is 2.58. The predicted molar refractivity (Wildman–Crippen MR) is 66.7 cm³/mol. The first kappa shape index (κ1) is 11.2. The van der Waals surface area contributed by atoms with Gasteiger partial charge in [0.05, 0.1) is 6.10 Å². The fourth-order valence-electron chi connectivity index (χ4n) is 3.50. The first-order chi connectivity index (χ1) is 8.19. The van der Waals surface area contributed by atoms with E-state index < -0.39 is 11.2 Å². The second-order valence-electron chi connectivity index (χ2n) is 5.45. The lowest BCUT2D eigenvalue weighted by Crippen LogP contribution is -2.46. The molecule has 0 amide bonds. The Bertz CT molecular complexity index is 395. The SMILES string of the molecule is C[C@@H]1O[C@]1(c1ccccc1)C1(O)CCCCC1. The zero-order valence-electron chi connectivity index (χ0n) is 10.4. The predicted octanol–water partition coefficient (Wildman–Crippen LogP) is 3.00. The molecule has 1 aliphatic heterocycles. The minimum Gasteiger partial charge on any atom is -0.386 e. The van der Waals surface area contributed by atoms with Gasteiger partial charge >= 0.3 is 0 Å². The monoisotopic (exact) mass is 232 g/mol. The van der Waals surface area contributed by atoms with Crippen molar-refractivity contribution in [2.45, 2.75) is 56.3 Å². The van der Waals surface area contributed by atoms with E-state index in [9.17, 15) is 5.11 Å². The van der Waals surface area contributed by atoms with E-state index in [4.69, 9.17) is 4.74 Å². The van der Waals surface area contributed by atoms with Gasteiger partial charge in [-0.15, -0.1) is 0 Å². The topological polar surface area (TPSA) is 32.8 Å². The van der Waals surface area contributed by atoms with Crippen molar-refractivity contribution in [3.8, 4) is 0 Å². The molecule has 2 aliphatic rings. The van der Waals surface area contributed by atoms with Crippen molar-refractivity contribution < 1.29 is 9.84 Å². The molecule has 1 heterocycles. The first-order valence-electron chi connectivity index (χ1n) is 6.65. The van der Waals surface area contributed by atoms with Crippen LogP contribution in [0, 0.1) is 0 Å². The number of ether oxygens (including phenoxy) is 1. The minimum absolute atomic E-state index is 0.132. The second-order valence-corrected chi connectivity index (χ2v) is 5.45. The molecular formula is C15H20O2. The number of hydrogen-bond donors (Lipinski definition) is 1. The lowest BCUT2D eigenvalue weighted by atomic mass is 9.71. The van der Waals surface area contributed by atoms with Crippen LogP contribution in [0.2, 0.25) is 0 Å². The highest BCUT2D eigenvalue weighted by atomic mass is 16.6. The number of rotatable bonds is 2. The van der Waals surface area contributed by atoms with E-state index in [0.29, 0.717) is 0 Å². The van der Waals surface area contributed by atoms with Crippen LogP contribution in [-0.2, 0) is 10.3 Å². The van der Waals surface area contributed by atoms with Crippen LogP contribution in [0.4, 0.5) is 0 Å². The van der Waals surface area contributed by atoms with Gasteiger partial charge in [-0.25, -0.2) is 0 Å². The average Bonchev–Trinajstić information content (AvgIpc) is 3.05. The Morgan fingerprint density at radius 1 is 1.12 bits per heavy atom. The van der Waals surface area contributed by atoms with E-state index >= 15 is 0 Å². The highest BCUT2D eigenvalue weighted by molar-refractivity contribution is 5.34. The van der Waals surface area contributed by atoms with Gasteiger partial charge in [-0.2, -0.15) is 0 Å². The van der Waals surface area contributed by atoms with Crippen LogP contribution in [0.5, 0.6) is 0 Å². The van der Waals surface area contributed by atoms with Crippen LogP contribution < -0.4 is 0 Å². The van der Waals surface area contributed by atoms with E-state index in [2.05, 4.69) is 19.1 Å². The summed E-state index contributed by atoms with van der Waals surface area (Å²) in [6.07, 6.45) is 5.33. The van der Waals surface area contributed by atoms with Crippen molar-refractivity contribution in [3.63, 3.8) is 0 Å². The Morgan fingerprint density at radius 3 is 2.24 bits per heavy atom. The quantitative estimate of drug-likeness (QED) is 0.795. The Kier molecular flexibility index (Phi) is 2.53. The molecule has 0 aromatic heterocycles. The molecule has 0 bridgehead atoms. The summed E-state index contributed by atoms with van der Waals surface area (Å²) >= 11 is 0. The summed E-state index contributed by atoms with van der Waals surface area (Å²) in [7, 11) is 0. The normalized spacial score (nSPS) is 35.5. The Morgan fingerprint density at radius 2 is 1.71 bits per heavy atom. The summed E-state index contributed by atoms with van der Waals surface area (Å²) in [6.45, 7) is 2.07. The van der Waals surface area contributed by atoms with Gasteiger partial charge in [0.2, 0.25) is 0 Å². The van der Waals surface area contributed by atoms with E-state index in [1.54, 1.807) is 0 Å². The summed E-state index contributed by atoms with van der Waals surface area (Å²) in [5.74, 6) is 0. The fourth-order valence-corrected chi connectivity index (χ4v) is 3.50. The molecular weight excluding hydrogens is 212 g/mol. The van der Waals surface area contributed by atoms with Crippen LogP contribution in [-0.4, -0.2) is 16.8 Å². The molecule has 1 aromatic rings. The first-order valence-corrected chi connectivity index (χ1v) is 6.65. The van der Waals surface area contributed by atoms with E-state index in [1.807, 2.05) is 18.2 Å². The van der Waals surface area contributed by atoms with Gasteiger partial charge in [0.25, 0.3) is 0 Å². The third-order valence-electron chi connectivity index (χ3n) is 4.45. The zero-order chi connectivity index (χ0) is 11.9. The molecule has 1 saturated heterocycles. The third-order valence-corrected chi connectivity index (χ3v) is 4.45. The molecule has 2 atom stereocenters. The maximum atomic E-state index is 11.0. The minimum atomic E-state index is -0.661. The molecule has 3 rings (SSSR count). The second kappa shape index (κ2) is 3.82. The van der Waals surface area contributed by atoms with E-state index in [-0.39, 0.29) is 6.10 Å². The molecule has 2 nitrogen and oxygen atoms in total. The molecule has 2 heteroatoms. The number of hydrogen-bond acceptors (Lipinski definition) is 2. The number of aliphatic hydroxyl groups is 1. The van der Waals surface area contributed by atoms with Gasteiger partial charge in [0.15, 0.2) is 0 Å². The van der Waals surface area contributed by atoms with Crippen LogP contribution in [0.3, 0.4) is 0 Å². The van der Waals surface area contributed by atoms with Crippen LogP contribution in [0.1, 0.15) is 44.6 Å². The Labute approximate surface area is 103 Å². The van der Waals surface area contributed by atoms with Gasteiger partial charge in [-0.3, -0.25) is 0 Å². The Hall–Kier alpha value is -0.860. The largest absolute Gasteiger partial charge is 0.386 e. The van der Waals surface area contributed by atoms with Crippen molar-refractivity contribution in [2.75, 3.05) is 0 Å². The van der Waals surface area contributed by atoms with Crippen molar-refractivity contribution in [1.82, 2.24) is 0 Å². The molecule has 92 valence electrons. The van der Waals surface area contributed by atoms with Crippen molar-refractivity contribution in [1.29, 1.82) is 0 Å². The van der Waals surface area contributed by atoms with Gasteiger partial charge in [-0.05, 0) is 25.3 Å². The average molecular weight is 232 g/mol. The maximum absolute atomic E-state index is 11.0. The smallest absolute Gasteiger partial charge is 0.148 e. The molecule has 1 N–H and O–H groups in total. The molecule has 2 fully saturated rings. The summed E-state index contributed by atoms with van der Waals surface area (Å²) in [6, 6.07) is 10.2. The highest BCUT2D eigenvalue weighted by Gasteiger charge is 2.67. The fraction of sp³-hybridized carbons (Fsp3) is 0.600. The lowest BCUT2D eigenvalue weighted by Gasteiger charge is -2.38. The van der Waals surface area contributed by atoms with E-state index in [0.717, 1.165) is 31.2 Å². The summed E-state index contributed by atoms with van der Waals surface area (Å²) in [5.41, 5.74) is 0.0395. The molecule has 0 radical (unpaired) electrons. The van der Waals surface area contributed by atoms with Crippen molar-refractivity contribution >= 4 is 0 Å². The summed E-state index contributed by atoms with van der Waals surface area (Å²) in [4.78, 5) is 0. The van der Waals surface area contributed by atoms with Gasteiger partial charge in [0, 0.05) is 0 Å². The van der Waals surface area contributed by atoms with Gasteiger partial charge in [-0.1, -0.05) is 49.6 Å². The van der Waals surface area contributed by atoms with Gasteiger partial charge < -0.3 is 9.84 Å². The number of benzene rings is 1. The molecule has 0 unspecified atom stereocenters. The van der Waals surface area contributed by atoms with Crippen LogP contribution in [0.25, 0.3) is 0 Å². The molecule has 1 aliphatic carbocycles. The van der Waals surface area contributed by atoms with Crippen LogP contribution >= 0.6 is 0 Å². The molecule has 1 aromatic carbocycles. The number of epoxide rings is 1. The van der Waals surface area contributed by atoms with E-state index in [1.165, 1.54) is 6.42 Å². The summed E-state index contributed by atoms with van der Waals surface area (Å²) in [5, 5.41) is 11.0. The van der Waals surface area contributed by atoms with Crippen molar-refractivity contribution in [3.05, 3.63) is 35.9 Å².